The molecule has 0 aromatic heterocycles. The minimum Gasteiger partial charge on any atom is -0.494 e. The predicted molar refractivity (Wildman–Crippen MR) is 173 cm³/mol. The molecule has 0 fully saturated rings. The van der Waals surface area contributed by atoms with Crippen LogP contribution in [-0.4, -0.2) is 13.2 Å². The molecule has 0 spiro atoms. The Bertz CT molecular complexity index is 1040. The molecule has 3 aromatic carbocycles. The molecule has 0 aliphatic heterocycles. The van der Waals surface area contributed by atoms with Crippen LogP contribution in [0.4, 0.5) is 0 Å². The molecule has 2 nitrogen and oxygen atoms in total. The highest BCUT2D eigenvalue weighted by Gasteiger charge is 2.10. The topological polar surface area (TPSA) is 18.5 Å². The monoisotopic (exact) mass is 542 g/mol. The highest BCUT2D eigenvalue weighted by Crippen LogP contribution is 2.33. The van der Waals surface area contributed by atoms with Gasteiger partial charge in [-0.2, -0.15) is 0 Å². The largest absolute Gasteiger partial charge is 0.494 e. The average Bonchev–Trinajstić information content (AvgIpc) is 3.00. The van der Waals surface area contributed by atoms with Crippen LogP contribution in [-0.2, 0) is 4.74 Å². The lowest BCUT2D eigenvalue weighted by Crippen LogP contribution is -2.02. The molecule has 2 heteroatoms. The van der Waals surface area contributed by atoms with E-state index in [1.54, 1.807) is 0 Å². The van der Waals surface area contributed by atoms with E-state index in [-0.39, 0.29) is 6.10 Å². The molecule has 1 unspecified atom stereocenters. The third-order valence-corrected chi connectivity index (χ3v) is 7.92. The Kier molecular flexibility index (Phi) is 15.6. The van der Waals surface area contributed by atoms with Crippen molar-refractivity contribution in [1.29, 1.82) is 0 Å². The zero-order valence-electron chi connectivity index (χ0n) is 25.6. The summed E-state index contributed by atoms with van der Waals surface area (Å²) in [5, 5.41) is 0. The van der Waals surface area contributed by atoms with Crippen LogP contribution in [0.5, 0.6) is 5.75 Å². The Morgan fingerprint density at radius 3 is 1.48 bits per heavy atom. The lowest BCUT2D eigenvalue weighted by molar-refractivity contribution is 0.0627. The van der Waals surface area contributed by atoms with Crippen LogP contribution in [0, 0.1) is 0 Å². The Morgan fingerprint density at radius 1 is 0.500 bits per heavy atom. The van der Waals surface area contributed by atoms with Crippen LogP contribution in [0.3, 0.4) is 0 Å². The van der Waals surface area contributed by atoms with E-state index in [1.165, 1.54) is 105 Å². The Balaban J connectivity index is 1.47. The summed E-state index contributed by atoms with van der Waals surface area (Å²) in [5.74, 6) is 0.958. The Hall–Kier alpha value is -2.58. The maximum absolute atomic E-state index is 6.17. The molecule has 0 saturated carbocycles. The molecular formula is C38H54O2. The molecule has 218 valence electrons. The summed E-state index contributed by atoms with van der Waals surface area (Å²) in [6.07, 6.45) is 18.5. The van der Waals surface area contributed by atoms with Gasteiger partial charge in [-0.25, -0.2) is 0 Å². The van der Waals surface area contributed by atoms with Crippen LogP contribution in [0.15, 0.2) is 72.8 Å². The first-order chi connectivity index (χ1) is 19.7. The van der Waals surface area contributed by atoms with Crippen LogP contribution in [0.2, 0.25) is 0 Å². The number of ether oxygens (including phenoxy) is 2. The van der Waals surface area contributed by atoms with Gasteiger partial charge >= 0.3 is 0 Å². The van der Waals surface area contributed by atoms with Crippen molar-refractivity contribution in [3.05, 3.63) is 78.4 Å². The van der Waals surface area contributed by atoms with Crippen molar-refractivity contribution in [3.8, 4) is 28.0 Å². The first kappa shape index (κ1) is 31.9. The summed E-state index contributed by atoms with van der Waals surface area (Å²) < 4.78 is 12.2. The molecule has 1 atom stereocenters. The van der Waals surface area contributed by atoms with E-state index in [9.17, 15) is 0 Å². The minimum atomic E-state index is 0.123. The van der Waals surface area contributed by atoms with Crippen molar-refractivity contribution in [1.82, 2.24) is 0 Å². The quantitative estimate of drug-likeness (QED) is 0.125. The van der Waals surface area contributed by atoms with E-state index < -0.39 is 0 Å². The van der Waals surface area contributed by atoms with Crippen LogP contribution >= 0.6 is 0 Å². The molecule has 0 N–H and O–H groups in total. The maximum atomic E-state index is 6.17. The lowest BCUT2D eigenvalue weighted by Gasteiger charge is -2.15. The fraction of sp³-hybridized carbons (Fsp3) is 0.526. The molecular weight excluding hydrogens is 488 g/mol. The fourth-order valence-electron chi connectivity index (χ4n) is 5.32. The second-order valence-corrected chi connectivity index (χ2v) is 11.3. The van der Waals surface area contributed by atoms with E-state index in [4.69, 9.17) is 9.47 Å². The normalized spacial score (nSPS) is 12.0. The minimum absolute atomic E-state index is 0.123. The summed E-state index contributed by atoms with van der Waals surface area (Å²) >= 11 is 0. The number of benzene rings is 3. The van der Waals surface area contributed by atoms with Gasteiger partial charge in [-0.15, -0.1) is 0 Å². The van der Waals surface area contributed by atoms with Gasteiger partial charge in [0, 0.05) is 6.61 Å². The van der Waals surface area contributed by atoms with Gasteiger partial charge in [-0.05, 0) is 59.7 Å². The van der Waals surface area contributed by atoms with Gasteiger partial charge in [-0.1, -0.05) is 152 Å². The van der Waals surface area contributed by atoms with E-state index in [1.807, 2.05) is 0 Å². The zero-order chi connectivity index (χ0) is 28.3. The summed E-state index contributed by atoms with van der Waals surface area (Å²) in [4.78, 5) is 0. The number of hydrogen-bond acceptors (Lipinski definition) is 2. The molecule has 0 amide bonds. The molecule has 0 heterocycles. The van der Waals surface area contributed by atoms with Crippen molar-refractivity contribution in [2.24, 2.45) is 0 Å². The predicted octanol–water partition coefficient (Wildman–Crippen LogP) is 12.0. The average molecular weight is 543 g/mol. The second kappa shape index (κ2) is 19.5. The van der Waals surface area contributed by atoms with Crippen molar-refractivity contribution in [3.63, 3.8) is 0 Å². The molecule has 3 aromatic rings. The fourth-order valence-corrected chi connectivity index (χ4v) is 5.32. The number of unbranched alkanes of at least 4 members (excludes halogenated alkanes) is 12. The standard InChI is InChI=1S/C38H54O2/c1-4-6-8-10-12-13-15-18-30-39-32(3)33-22-24-34(25-23-33)37-20-16-17-21-38(37)35-26-28-36(29-27-35)40-31-19-14-11-9-7-5-2/h16-17,20-29,32H,4-15,18-19,30-31H2,1-3H3. The van der Waals surface area contributed by atoms with E-state index in [0.717, 1.165) is 31.8 Å². The second-order valence-electron chi connectivity index (χ2n) is 11.3. The highest BCUT2D eigenvalue weighted by molar-refractivity contribution is 5.83. The first-order valence-corrected chi connectivity index (χ1v) is 16.3. The highest BCUT2D eigenvalue weighted by atomic mass is 16.5. The molecule has 0 aliphatic carbocycles. The van der Waals surface area contributed by atoms with Gasteiger partial charge in [-0.3, -0.25) is 0 Å². The van der Waals surface area contributed by atoms with Gasteiger partial charge < -0.3 is 9.47 Å². The van der Waals surface area contributed by atoms with E-state index >= 15 is 0 Å². The summed E-state index contributed by atoms with van der Waals surface area (Å²) in [5.41, 5.74) is 6.19. The summed E-state index contributed by atoms with van der Waals surface area (Å²) in [7, 11) is 0. The number of rotatable bonds is 21. The number of hydrogen-bond donors (Lipinski definition) is 0. The van der Waals surface area contributed by atoms with Gasteiger partial charge in [0.1, 0.15) is 5.75 Å². The zero-order valence-corrected chi connectivity index (χ0v) is 25.6. The van der Waals surface area contributed by atoms with E-state index in [2.05, 4.69) is 93.6 Å². The third-order valence-electron chi connectivity index (χ3n) is 7.92. The van der Waals surface area contributed by atoms with Crippen molar-refractivity contribution < 1.29 is 9.47 Å². The van der Waals surface area contributed by atoms with Gasteiger partial charge in [0.25, 0.3) is 0 Å². The first-order valence-electron chi connectivity index (χ1n) is 16.3. The van der Waals surface area contributed by atoms with Crippen molar-refractivity contribution >= 4 is 0 Å². The molecule has 0 bridgehead atoms. The van der Waals surface area contributed by atoms with Crippen LogP contribution in [0.25, 0.3) is 22.3 Å². The Labute approximate surface area is 245 Å². The van der Waals surface area contributed by atoms with Gasteiger partial charge in [0.15, 0.2) is 0 Å². The molecule has 3 rings (SSSR count). The maximum Gasteiger partial charge on any atom is 0.119 e. The SMILES string of the molecule is CCCCCCCCCCOC(C)c1ccc(-c2ccccc2-c2ccc(OCCCCCCCC)cc2)cc1. The summed E-state index contributed by atoms with van der Waals surface area (Å²) in [6.45, 7) is 8.36. The van der Waals surface area contributed by atoms with Gasteiger partial charge in [0.2, 0.25) is 0 Å². The van der Waals surface area contributed by atoms with Crippen LogP contribution < -0.4 is 4.74 Å². The third kappa shape index (κ3) is 11.5. The van der Waals surface area contributed by atoms with Crippen molar-refractivity contribution in [2.75, 3.05) is 13.2 Å². The molecule has 0 aliphatic rings. The smallest absolute Gasteiger partial charge is 0.119 e. The summed E-state index contributed by atoms with van der Waals surface area (Å²) in [6, 6.07) is 26.2. The molecule has 0 saturated heterocycles. The van der Waals surface area contributed by atoms with E-state index in [0.29, 0.717) is 0 Å². The van der Waals surface area contributed by atoms with Crippen molar-refractivity contribution in [2.45, 2.75) is 117 Å². The van der Waals surface area contributed by atoms with Crippen LogP contribution in [0.1, 0.15) is 122 Å². The molecule has 0 radical (unpaired) electrons. The lowest BCUT2D eigenvalue weighted by atomic mass is 9.94. The molecule has 40 heavy (non-hydrogen) atoms. The van der Waals surface area contributed by atoms with Gasteiger partial charge in [0.05, 0.1) is 12.7 Å². The Morgan fingerprint density at radius 2 is 0.950 bits per heavy atom.